The van der Waals surface area contributed by atoms with Crippen LogP contribution in [-0.2, 0) is 0 Å². The lowest BCUT2D eigenvalue weighted by Gasteiger charge is -2.57. The number of piperidine rings is 2. The summed E-state index contributed by atoms with van der Waals surface area (Å²) in [7, 11) is 2.30. The molecule has 18 heavy (non-hydrogen) atoms. The number of fused-ring (bicyclic) bond motifs is 2. The third-order valence-electron chi connectivity index (χ3n) is 5.52. The van der Waals surface area contributed by atoms with Gasteiger partial charge in [0.15, 0.2) is 0 Å². The predicted octanol–water partition coefficient (Wildman–Crippen LogP) is 1.64. The molecule has 4 aliphatic heterocycles. The Hall–Kier alpha value is -0.120. The van der Waals surface area contributed by atoms with Gasteiger partial charge in [-0.3, -0.25) is 14.7 Å². The maximum absolute atomic E-state index is 2.79. The first-order valence-corrected chi connectivity index (χ1v) is 7.66. The minimum absolute atomic E-state index is 0.356. The van der Waals surface area contributed by atoms with E-state index in [1.807, 2.05) is 0 Å². The van der Waals surface area contributed by atoms with Crippen molar-refractivity contribution in [3.05, 3.63) is 0 Å². The van der Waals surface area contributed by atoms with E-state index in [0.29, 0.717) is 5.54 Å². The van der Waals surface area contributed by atoms with Gasteiger partial charge in [-0.1, -0.05) is 0 Å². The molecule has 2 unspecified atom stereocenters. The summed E-state index contributed by atoms with van der Waals surface area (Å²) in [5.41, 5.74) is 0.356. The second kappa shape index (κ2) is 4.46. The fourth-order valence-corrected chi connectivity index (χ4v) is 4.03. The number of likely N-dealkylation sites (tertiary alicyclic amines) is 1. The molecule has 4 fully saturated rings. The van der Waals surface area contributed by atoms with E-state index in [-0.39, 0.29) is 0 Å². The van der Waals surface area contributed by atoms with Crippen LogP contribution in [-0.4, -0.2) is 71.6 Å². The first-order valence-electron chi connectivity index (χ1n) is 7.66. The van der Waals surface area contributed by atoms with E-state index < -0.39 is 0 Å². The SMILES string of the molecule is CN1C2CC1CN(C1CCN(C(C)(C)C)CC1)C2. The highest BCUT2D eigenvalue weighted by Gasteiger charge is 2.44. The molecule has 0 aromatic rings. The fraction of sp³-hybridized carbons (Fsp3) is 1.00. The van der Waals surface area contributed by atoms with Crippen molar-refractivity contribution < 1.29 is 0 Å². The summed E-state index contributed by atoms with van der Waals surface area (Å²) in [4.78, 5) is 8.03. The highest BCUT2D eigenvalue weighted by Crippen LogP contribution is 2.33. The average molecular weight is 251 g/mol. The summed E-state index contributed by atoms with van der Waals surface area (Å²) in [6.07, 6.45) is 4.20. The zero-order valence-corrected chi connectivity index (χ0v) is 12.5. The number of hydrogen-bond acceptors (Lipinski definition) is 3. The van der Waals surface area contributed by atoms with Crippen molar-refractivity contribution in [3.63, 3.8) is 0 Å². The Labute approximate surface area is 112 Å². The van der Waals surface area contributed by atoms with Crippen LogP contribution < -0.4 is 0 Å². The molecule has 0 N–H and O–H groups in total. The van der Waals surface area contributed by atoms with Crippen LogP contribution in [0.25, 0.3) is 0 Å². The summed E-state index contributed by atoms with van der Waals surface area (Å²) in [5.74, 6) is 0. The van der Waals surface area contributed by atoms with E-state index in [9.17, 15) is 0 Å². The van der Waals surface area contributed by atoms with Gasteiger partial charge in [0, 0.05) is 49.8 Å². The Morgan fingerprint density at radius 2 is 1.44 bits per heavy atom. The Morgan fingerprint density at radius 3 is 1.89 bits per heavy atom. The minimum Gasteiger partial charge on any atom is -0.298 e. The third-order valence-corrected chi connectivity index (χ3v) is 5.52. The van der Waals surface area contributed by atoms with Gasteiger partial charge in [-0.05, 0) is 47.1 Å². The van der Waals surface area contributed by atoms with Crippen LogP contribution in [0.15, 0.2) is 0 Å². The van der Waals surface area contributed by atoms with E-state index in [2.05, 4.69) is 42.5 Å². The topological polar surface area (TPSA) is 9.72 Å². The summed E-state index contributed by atoms with van der Waals surface area (Å²) in [6, 6.07) is 2.59. The Kier molecular flexibility index (Phi) is 3.20. The minimum atomic E-state index is 0.356. The molecule has 104 valence electrons. The van der Waals surface area contributed by atoms with E-state index in [0.717, 1.165) is 18.1 Å². The van der Waals surface area contributed by atoms with Crippen molar-refractivity contribution in [1.29, 1.82) is 0 Å². The standard InChI is InChI=1S/C15H29N3/c1-15(2,3)18-7-5-12(6-8-18)17-10-13-9-14(11-17)16(13)4/h12-14H,5-11H2,1-4H3. The van der Waals surface area contributed by atoms with Gasteiger partial charge in [0.1, 0.15) is 0 Å². The van der Waals surface area contributed by atoms with Crippen molar-refractivity contribution in [1.82, 2.24) is 14.7 Å². The molecule has 0 aromatic heterocycles. The van der Waals surface area contributed by atoms with E-state index in [1.165, 1.54) is 45.4 Å². The lowest BCUT2D eigenvalue weighted by atomic mass is 9.86. The van der Waals surface area contributed by atoms with Gasteiger partial charge in [-0.15, -0.1) is 0 Å². The lowest BCUT2D eigenvalue weighted by Crippen LogP contribution is -2.69. The van der Waals surface area contributed by atoms with Crippen molar-refractivity contribution >= 4 is 0 Å². The van der Waals surface area contributed by atoms with E-state index in [4.69, 9.17) is 0 Å². The van der Waals surface area contributed by atoms with Gasteiger partial charge in [0.25, 0.3) is 0 Å². The molecule has 4 heterocycles. The maximum atomic E-state index is 2.79. The molecule has 3 heteroatoms. The zero-order chi connectivity index (χ0) is 12.9. The van der Waals surface area contributed by atoms with Crippen LogP contribution >= 0.6 is 0 Å². The van der Waals surface area contributed by atoms with Crippen LogP contribution in [0.3, 0.4) is 0 Å². The second-order valence-corrected chi connectivity index (χ2v) is 7.55. The normalized spacial score (nSPS) is 36.7. The monoisotopic (exact) mass is 251 g/mol. The highest BCUT2D eigenvalue weighted by atomic mass is 15.4. The molecule has 0 aliphatic carbocycles. The van der Waals surface area contributed by atoms with Gasteiger partial charge in [0.2, 0.25) is 0 Å². The zero-order valence-electron chi connectivity index (χ0n) is 12.5. The van der Waals surface area contributed by atoms with Gasteiger partial charge < -0.3 is 0 Å². The number of piperazine rings is 1. The maximum Gasteiger partial charge on any atom is 0.0239 e. The molecule has 0 spiro atoms. The molecule has 4 saturated heterocycles. The molecular weight excluding hydrogens is 222 g/mol. The molecule has 4 aliphatic rings. The molecule has 4 rings (SSSR count). The summed E-state index contributed by atoms with van der Waals surface area (Å²) >= 11 is 0. The van der Waals surface area contributed by atoms with E-state index >= 15 is 0 Å². The molecule has 0 saturated carbocycles. The van der Waals surface area contributed by atoms with E-state index in [1.54, 1.807) is 0 Å². The van der Waals surface area contributed by atoms with Crippen molar-refractivity contribution in [2.24, 2.45) is 0 Å². The summed E-state index contributed by atoms with van der Waals surface area (Å²) in [5, 5.41) is 0. The Balaban J connectivity index is 1.52. The van der Waals surface area contributed by atoms with Crippen LogP contribution in [0.4, 0.5) is 0 Å². The number of rotatable bonds is 1. The Bertz CT molecular complexity index is 289. The van der Waals surface area contributed by atoms with Crippen molar-refractivity contribution in [2.75, 3.05) is 33.2 Å². The quantitative estimate of drug-likeness (QED) is 0.701. The predicted molar refractivity (Wildman–Crippen MR) is 75.9 cm³/mol. The van der Waals surface area contributed by atoms with Crippen LogP contribution in [0.1, 0.15) is 40.0 Å². The van der Waals surface area contributed by atoms with Crippen LogP contribution in [0.5, 0.6) is 0 Å². The van der Waals surface area contributed by atoms with Gasteiger partial charge in [-0.2, -0.15) is 0 Å². The molecule has 0 aromatic carbocycles. The molecule has 0 amide bonds. The summed E-state index contributed by atoms with van der Waals surface area (Å²) < 4.78 is 0. The third kappa shape index (κ3) is 2.21. The largest absolute Gasteiger partial charge is 0.298 e. The van der Waals surface area contributed by atoms with Crippen molar-refractivity contribution in [2.45, 2.75) is 63.7 Å². The number of likely N-dealkylation sites (N-methyl/N-ethyl adjacent to an activating group) is 1. The molecule has 3 nitrogen and oxygen atoms in total. The molecular formula is C15H29N3. The average Bonchev–Trinajstić information content (AvgIpc) is 2.37. The molecule has 2 atom stereocenters. The fourth-order valence-electron chi connectivity index (χ4n) is 4.03. The first-order chi connectivity index (χ1) is 8.45. The van der Waals surface area contributed by atoms with Crippen molar-refractivity contribution in [3.8, 4) is 0 Å². The second-order valence-electron chi connectivity index (χ2n) is 7.55. The first kappa shape index (κ1) is 12.9. The number of hydrogen-bond donors (Lipinski definition) is 0. The Morgan fingerprint density at radius 1 is 0.889 bits per heavy atom. The molecule has 2 bridgehead atoms. The lowest BCUT2D eigenvalue weighted by molar-refractivity contribution is -0.0760. The summed E-state index contributed by atoms with van der Waals surface area (Å²) in [6.45, 7) is 12.3. The molecule has 0 radical (unpaired) electrons. The van der Waals surface area contributed by atoms with Gasteiger partial charge in [0.05, 0.1) is 0 Å². The van der Waals surface area contributed by atoms with Crippen LogP contribution in [0, 0.1) is 0 Å². The van der Waals surface area contributed by atoms with Gasteiger partial charge in [-0.25, -0.2) is 0 Å². The number of nitrogens with zero attached hydrogens (tertiary/aromatic N) is 3. The smallest absolute Gasteiger partial charge is 0.0239 e. The van der Waals surface area contributed by atoms with Gasteiger partial charge >= 0.3 is 0 Å². The van der Waals surface area contributed by atoms with Crippen LogP contribution in [0.2, 0.25) is 0 Å². The highest BCUT2D eigenvalue weighted by molar-refractivity contribution is 5.01.